The van der Waals surface area contributed by atoms with Crippen LogP contribution in [-0.4, -0.2) is 45.4 Å². The molecule has 1 atom stereocenters. The molecule has 41 heavy (non-hydrogen) atoms. The van der Waals surface area contributed by atoms with Crippen molar-refractivity contribution in [1.82, 2.24) is 9.97 Å². The number of carbonyl (C=O) groups is 1. The summed E-state index contributed by atoms with van der Waals surface area (Å²) in [5.41, 5.74) is 2.77. The monoisotopic (exact) mass is 593 g/mol. The van der Waals surface area contributed by atoms with Gasteiger partial charge in [0.15, 0.2) is 6.10 Å². The van der Waals surface area contributed by atoms with Crippen LogP contribution in [0.5, 0.6) is 5.75 Å². The maximum atomic E-state index is 13.6. The fraction of sp³-hybridized carbons (Fsp3) is 0.179. The first kappa shape index (κ1) is 28.1. The van der Waals surface area contributed by atoms with Crippen LogP contribution in [0.1, 0.15) is 17.0 Å². The van der Waals surface area contributed by atoms with E-state index in [0.717, 1.165) is 9.87 Å². The number of aryl methyl sites for hydroxylation is 3. The molecule has 0 radical (unpaired) electrons. The highest BCUT2D eigenvalue weighted by Crippen LogP contribution is 2.37. The van der Waals surface area contributed by atoms with Crippen LogP contribution in [-0.2, 0) is 24.8 Å². The Labute approximate surface area is 238 Å². The van der Waals surface area contributed by atoms with Crippen molar-refractivity contribution in [3.63, 3.8) is 0 Å². The topological polar surface area (TPSA) is 148 Å². The average Bonchev–Trinajstić information content (AvgIpc) is 2.92. The molecule has 0 bridgehead atoms. The van der Waals surface area contributed by atoms with E-state index in [9.17, 15) is 21.6 Å². The molecule has 0 fully saturated rings. The Morgan fingerprint density at radius 3 is 2.12 bits per heavy atom. The van der Waals surface area contributed by atoms with Crippen LogP contribution in [0.25, 0.3) is 0 Å². The number of carbonyl (C=O) groups excluding carboxylic acids is 1. The molecule has 4 aromatic rings. The van der Waals surface area contributed by atoms with Gasteiger partial charge in [0.25, 0.3) is 26.0 Å². The fourth-order valence-corrected chi connectivity index (χ4v) is 6.71. The standard InChI is InChI=1S/C28H27N5O6S2/c1-18-8-12-23(13-9-18)41(37,38)33-17-26(39-25-7-5-4-6-24(25)33)27(34)31-21-10-14-22(15-11-21)40(35,36)32-28-29-19(2)16-20(3)30-28/h4-16,26H,17H2,1-3H3,(H,31,34)(H,29,30,32)/t26-/m1/s1. The number of rotatable bonds is 7. The number of nitrogens with one attached hydrogen (secondary N) is 2. The molecule has 5 rings (SSSR count). The molecular formula is C28H27N5O6S2. The number of amides is 1. The van der Waals surface area contributed by atoms with E-state index >= 15 is 0 Å². The number of para-hydroxylation sites is 2. The van der Waals surface area contributed by atoms with Gasteiger partial charge in [0, 0.05) is 17.1 Å². The predicted octanol–water partition coefficient (Wildman–Crippen LogP) is 3.80. The first-order valence-corrected chi connectivity index (χ1v) is 15.5. The summed E-state index contributed by atoms with van der Waals surface area (Å²) in [5, 5.41) is 2.68. The quantitative estimate of drug-likeness (QED) is 0.329. The minimum absolute atomic E-state index is 0.0419. The van der Waals surface area contributed by atoms with E-state index in [2.05, 4.69) is 20.0 Å². The summed E-state index contributed by atoms with van der Waals surface area (Å²) >= 11 is 0. The third kappa shape index (κ3) is 6.00. The van der Waals surface area contributed by atoms with Gasteiger partial charge in [-0.05, 0) is 75.4 Å². The Hall–Kier alpha value is -4.49. The second-order valence-corrected chi connectivity index (χ2v) is 13.1. The van der Waals surface area contributed by atoms with Crippen molar-refractivity contribution in [2.75, 3.05) is 20.9 Å². The molecule has 1 aliphatic rings. The summed E-state index contributed by atoms with van der Waals surface area (Å²) in [6, 6.07) is 20.3. The van der Waals surface area contributed by atoms with Gasteiger partial charge in [-0.2, -0.15) is 0 Å². The highest BCUT2D eigenvalue weighted by Gasteiger charge is 2.37. The van der Waals surface area contributed by atoms with E-state index < -0.39 is 32.1 Å². The highest BCUT2D eigenvalue weighted by atomic mass is 32.2. The Kier molecular flexibility index (Phi) is 7.41. The first-order valence-electron chi connectivity index (χ1n) is 12.5. The van der Waals surface area contributed by atoms with Crippen LogP contribution >= 0.6 is 0 Å². The number of benzene rings is 3. The molecule has 11 nitrogen and oxygen atoms in total. The lowest BCUT2D eigenvalue weighted by atomic mass is 10.2. The zero-order valence-corrected chi connectivity index (χ0v) is 24.0. The number of ether oxygens (including phenoxy) is 1. The molecule has 0 saturated carbocycles. The molecule has 212 valence electrons. The van der Waals surface area contributed by atoms with Gasteiger partial charge in [-0.25, -0.2) is 31.5 Å². The zero-order chi connectivity index (χ0) is 29.4. The minimum atomic E-state index is -4.00. The first-order chi connectivity index (χ1) is 19.4. The number of hydrogen-bond acceptors (Lipinski definition) is 8. The molecule has 1 aromatic heterocycles. The highest BCUT2D eigenvalue weighted by molar-refractivity contribution is 7.93. The van der Waals surface area contributed by atoms with Gasteiger partial charge in [-0.1, -0.05) is 29.8 Å². The summed E-state index contributed by atoms with van der Waals surface area (Å²) in [6.45, 7) is 5.06. The molecule has 0 spiro atoms. The number of nitrogens with zero attached hydrogens (tertiary/aromatic N) is 3. The number of anilines is 3. The van der Waals surface area contributed by atoms with Gasteiger partial charge in [0.1, 0.15) is 5.75 Å². The Morgan fingerprint density at radius 2 is 1.46 bits per heavy atom. The van der Waals surface area contributed by atoms with Crippen molar-refractivity contribution in [2.45, 2.75) is 36.7 Å². The van der Waals surface area contributed by atoms with Gasteiger partial charge in [0.2, 0.25) is 5.95 Å². The van der Waals surface area contributed by atoms with Crippen LogP contribution < -0.4 is 19.1 Å². The van der Waals surface area contributed by atoms with Crippen molar-refractivity contribution in [3.05, 3.63) is 95.8 Å². The van der Waals surface area contributed by atoms with E-state index in [4.69, 9.17) is 4.74 Å². The van der Waals surface area contributed by atoms with E-state index in [-0.39, 0.29) is 28.0 Å². The third-order valence-corrected chi connectivity index (χ3v) is 9.41. The lowest BCUT2D eigenvalue weighted by Crippen LogP contribution is -2.48. The lowest BCUT2D eigenvalue weighted by Gasteiger charge is -2.34. The van der Waals surface area contributed by atoms with Gasteiger partial charge >= 0.3 is 0 Å². The van der Waals surface area contributed by atoms with E-state index in [1.807, 2.05) is 6.92 Å². The zero-order valence-electron chi connectivity index (χ0n) is 22.4. The Bertz CT molecular complexity index is 1810. The maximum absolute atomic E-state index is 13.6. The number of hydrogen-bond donors (Lipinski definition) is 2. The van der Waals surface area contributed by atoms with Crippen LogP contribution in [0.2, 0.25) is 0 Å². The summed E-state index contributed by atoms with van der Waals surface area (Å²) in [7, 11) is -7.98. The molecular weight excluding hydrogens is 566 g/mol. The number of fused-ring (bicyclic) bond motifs is 1. The van der Waals surface area contributed by atoms with Gasteiger partial charge in [-0.15, -0.1) is 0 Å². The lowest BCUT2D eigenvalue weighted by molar-refractivity contribution is -0.122. The van der Waals surface area contributed by atoms with Crippen molar-refractivity contribution in [2.24, 2.45) is 0 Å². The Balaban J connectivity index is 1.34. The molecule has 13 heteroatoms. The molecule has 2 N–H and O–H groups in total. The molecule has 0 aliphatic carbocycles. The van der Waals surface area contributed by atoms with Crippen LogP contribution in [0.4, 0.5) is 17.3 Å². The SMILES string of the molecule is Cc1ccc(S(=O)(=O)N2C[C@H](C(=O)Nc3ccc(S(=O)(=O)Nc4nc(C)cc(C)n4)cc3)Oc3ccccc32)cc1. The molecule has 3 aromatic carbocycles. The van der Waals surface area contributed by atoms with Crippen LogP contribution in [0, 0.1) is 20.8 Å². The molecule has 1 aliphatic heterocycles. The van der Waals surface area contributed by atoms with Gasteiger partial charge in [0.05, 0.1) is 22.0 Å². The average molecular weight is 594 g/mol. The van der Waals surface area contributed by atoms with E-state index in [0.29, 0.717) is 22.8 Å². The summed E-state index contributed by atoms with van der Waals surface area (Å²) < 4.78 is 62.2. The second kappa shape index (κ2) is 10.8. The fourth-order valence-electron chi connectivity index (χ4n) is 4.29. The van der Waals surface area contributed by atoms with Gasteiger partial charge < -0.3 is 10.1 Å². The van der Waals surface area contributed by atoms with Crippen molar-refractivity contribution < 1.29 is 26.4 Å². The normalized spacial score (nSPS) is 15.0. The molecule has 0 unspecified atom stereocenters. The van der Waals surface area contributed by atoms with Gasteiger partial charge in [-0.3, -0.25) is 9.10 Å². The maximum Gasteiger partial charge on any atom is 0.267 e. The van der Waals surface area contributed by atoms with Crippen molar-refractivity contribution >= 4 is 43.3 Å². The number of aromatic nitrogens is 2. The summed E-state index contributed by atoms with van der Waals surface area (Å²) in [6.07, 6.45) is -1.17. The smallest absolute Gasteiger partial charge is 0.267 e. The summed E-state index contributed by atoms with van der Waals surface area (Å²) in [5.74, 6) is -0.392. The van der Waals surface area contributed by atoms with Crippen LogP contribution in [0.3, 0.4) is 0 Å². The third-order valence-electron chi connectivity index (χ3n) is 6.28. The minimum Gasteiger partial charge on any atom is -0.476 e. The van der Waals surface area contributed by atoms with E-state index in [1.165, 1.54) is 36.4 Å². The molecule has 0 saturated heterocycles. The second-order valence-electron chi connectivity index (χ2n) is 9.52. The van der Waals surface area contributed by atoms with Crippen LogP contribution in [0.15, 0.2) is 88.7 Å². The summed E-state index contributed by atoms with van der Waals surface area (Å²) in [4.78, 5) is 21.4. The largest absolute Gasteiger partial charge is 0.476 e. The molecule has 2 heterocycles. The number of sulfonamides is 2. The molecule has 1 amide bonds. The van der Waals surface area contributed by atoms with Crippen molar-refractivity contribution in [1.29, 1.82) is 0 Å². The predicted molar refractivity (Wildman–Crippen MR) is 154 cm³/mol. The van der Waals surface area contributed by atoms with E-state index in [1.54, 1.807) is 56.3 Å². The van der Waals surface area contributed by atoms with Crippen molar-refractivity contribution in [3.8, 4) is 5.75 Å². The Morgan fingerprint density at radius 1 is 0.854 bits per heavy atom.